The molecule has 2 aromatic heterocycles. The van der Waals surface area contributed by atoms with Gasteiger partial charge in [0.1, 0.15) is 0 Å². The van der Waals surface area contributed by atoms with E-state index in [1.807, 2.05) is 18.3 Å². The van der Waals surface area contributed by atoms with Crippen LogP contribution >= 0.6 is 0 Å². The quantitative estimate of drug-likeness (QED) is 0.314. The third-order valence-corrected chi connectivity index (χ3v) is 6.23. The molecule has 0 saturated carbocycles. The highest BCUT2D eigenvalue weighted by atomic mass is 14.7. The fourth-order valence-corrected chi connectivity index (χ4v) is 4.67. The Morgan fingerprint density at radius 2 is 1.44 bits per heavy atom. The first kappa shape index (κ1) is 18.6. The Hall–Kier alpha value is -4.17. The fraction of sp³-hybridized carbons (Fsp3) is 0.0333. The van der Waals surface area contributed by atoms with Crippen LogP contribution in [-0.4, -0.2) is 9.97 Å². The Bertz CT molecular complexity index is 1580. The van der Waals surface area contributed by atoms with Gasteiger partial charge >= 0.3 is 0 Å². The van der Waals surface area contributed by atoms with Crippen molar-refractivity contribution in [2.24, 2.45) is 0 Å². The van der Waals surface area contributed by atoms with Crippen LogP contribution in [0.15, 0.2) is 109 Å². The molecule has 0 unspecified atom stereocenters. The van der Waals surface area contributed by atoms with E-state index in [0.717, 1.165) is 16.8 Å². The summed E-state index contributed by atoms with van der Waals surface area (Å²) >= 11 is 0. The van der Waals surface area contributed by atoms with Crippen LogP contribution in [0.25, 0.3) is 55.3 Å². The molecule has 0 bridgehead atoms. The predicted octanol–water partition coefficient (Wildman–Crippen LogP) is 8.03. The number of nitrogens with zero attached hydrogens (tertiary/aromatic N) is 1. The van der Waals surface area contributed by atoms with Gasteiger partial charge in [-0.2, -0.15) is 0 Å². The van der Waals surface area contributed by atoms with E-state index in [2.05, 4.69) is 108 Å². The third kappa shape index (κ3) is 3.00. The largest absolute Gasteiger partial charge is 0.354 e. The summed E-state index contributed by atoms with van der Waals surface area (Å²) in [6.45, 7) is 2.19. The topological polar surface area (TPSA) is 28.7 Å². The molecule has 6 rings (SSSR count). The number of aromatic nitrogens is 2. The molecule has 0 radical (unpaired) electrons. The molecule has 1 N–H and O–H groups in total. The highest BCUT2D eigenvalue weighted by Gasteiger charge is 2.17. The molecule has 0 amide bonds. The van der Waals surface area contributed by atoms with Gasteiger partial charge < -0.3 is 4.98 Å². The van der Waals surface area contributed by atoms with Crippen molar-refractivity contribution in [1.29, 1.82) is 0 Å². The lowest BCUT2D eigenvalue weighted by Crippen LogP contribution is -1.91. The van der Waals surface area contributed by atoms with Gasteiger partial charge in [0.15, 0.2) is 0 Å². The molecule has 0 saturated heterocycles. The number of rotatable bonds is 3. The summed E-state index contributed by atoms with van der Waals surface area (Å²) in [4.78, 5) is 8.27. The first-order valence-corrected chi connectivity index (χ1v) is 10.9. The van der Waals surface area contributed by atoms with Gasteiger partial charge in [0.25, 0.3) is 0 Å². The lowest BCUT2D eigenvalue weighted by Gasteiger charge is -2.15. The first-order valence-electron chi connectivity index (χ1n) is 10.9. The minimum atomic E-state index is 0.985. The Morgan fingerprint density at radius 3 is 2.31 bits per heavy atom. The highest BCUT2D eigenvalue weighted by Crippen LogP contribution is 2.42. The predicted molar refractivity (Wildman–Crippen MR) is 135 cm³/mol. The molecule has 2 heterocycles. The number of benzene rings is 4. The van der Waals surface area contributed by atoms with Crippen molar-refractivity contribution in [3.05, 3.63) is 115 Å². The van der Waals surface area contributed by atoms with Gasteiger partial charge in [-0.05, 0) is 53.4 Å². The highest BCUT2D eigenvalue weighted by molar-refractivity contribution is 6.15. The summed E-state index contributed by atoms with van der Waals surface area (Å²) < 4.78 is 0. The second kappa shape index (κ2) is 7.51. The van der Waals surface area contributed by atoms with E-state index >= 15 is 0 Å². The number of fused-ring (bicyclic) bond motifs is 3. The standard InChI is InChI=1S/C30H22N2/c1-20-9-2-3-12-23(20)29-24(16-17-26-25-13-4-5-15-28(25)32-30(26)29)21-10-8-11-22(19-21)27-14-6-7-18-31-27/h2-19,32H,1H3. The zero-order valence-electron chi connectivity index (χ0n) is 17.8. The zero-order chi connectivity index (χ0) is 21.5. The van der Waals surface area contributed by atoms with Crippen LogP contribution in [-0.2, 0) is 0 Å². The molecule has 2 heteroatoms. The van der Waals surface area contributed by atoms with Crippen molar-refractivity contribution in [2.45, 2.75) is 6.92 Å². The Morgan fingerprint density at radius 1 is 0.625 bits per heavy atom. The van der Waals surface area contributed by atoms with E-state index in [0.29, 0.717) is 0 Å². The molecule has 0 spiro atoms. The van der Waals surface area contributed by atoms with Gasteiger partial charge in [0, 0.05) is 33.6 Å². The van der Waals surface area contributed by atoms with Crippen LogP contribution in [0.1, 0.15) is 5.56 Å². The number of H-pyrrole nitrogens is 1. The van der Waals surface area contributed by atoms with E-state index in [4.69, 9.17) is 0 Å². The lowest BCUT2D eigenvalue weighted by molar-refractivity contribution is 1.33. The van der Waals surface area contributed by atoms with Crippen molar-refractivity contribution in [2.75, 3.05) is 0 Å². The van der Waals surface area contributed by atoms with E-state index in [9.17, 15) is 0 Å². The number of aryl methyl sites for hydroxylation is 1. The molecule has 0 fully saturated rings. The van der Waals surface area contributed by atoms with E-state index < -0.39 is 0 Å². The lowest BCUT2D eigenvalue weighted by atomic mass is 9.89. The minimum absolute atomic E-state index is 0.985. The molecular formula is C30H22N2. The number of para-hydroxylation sites is 1. The van der Waals surface area contributed by atoms with Crippen molar-refractivity contribution in [3.63, 3.8) is 0 Å². The van der Waals surface area contributed by atoms with Crippen molar-refractivity contribution >= 4 is 21.8 Å². The second-order valence-corrected chi connectivity index (χ2v) is 8.19. The van der Waals surface area contributed by atoms with Crippen LogP contribution in [0.2, 0.25) is 0 Å². The zero-order valence-corrected chi connectivity index (χ0v) is 17.8. The summed E-state index contributed by atoms with van der Waals surface area (Å²) in [5.41, 5.74) is 10.6. The average Bonchev–Trinajstić information content (AvgIpc) is 3.23. The number of pyridine rings is 1. The van der Waals surface area contributed by atoms with Gasteiger partial charge in [-0.15, -0.1) is 0 Å². The molecule has 0 atom stereocenters. The second-order valence-electron chi connectivity index (χ2n) is 8.19. The Balaban J connectivity index is 1.67. The van der Waals surface area contributed by atoms with Crippen LogP contribution in [0.3, 0.4) is 0 Å². The normalized spacial score (nSPS) is 11.3. The smallest absolute Gasteiger partial charge is 0.0702 e. The Labute approximate surface area is 187 Å². The first-order chi connectivity index (χ1) is 15.8. The number of nitrogens with one attached hydrogen (secondary N) is 1. The molecule has 152 valence electrons. The van der Waals surface area contributed by atoms with E-state index in [1.165, 1.54) is 44.1 Å². The molecular weight excluding hydrogens is 388 g/mol. The molecule has 0 aliphatic carbocycles. The summed E-state index contributed by atoms with van der Waals surface area (Å²) in [6, 6.07) is 36.4. The molecule has 2 nitrogen and oxygen atoms in total. The average molecular weight is 411 g/mol. The molecule has 0 aliphatic heterocycles. The van der Waals surface area contributed by atoms with Crippen LogP contribution in [0, 0.1) is 6.92 Å². The van der Waals surface area contributed by atoms with Gasteiger partial charge in [0.2, 0.25) is 0 Å². The van der Waals surface area contributed by atoms with E-state index in [1.54, 1.807) is 0 Å². The molecule has 32 heavy (non-hydrogen) atoms. The van der Waals surface area contributed by atoms with Crippen LogP contribution in [0.4, 0.5) is 0 Å². The number of aromatic amines is 1. The van der Waals surface area contributed by atoms with Crippen molar-refractivity contribution < 1.29 is 0 Å². The van der Waals surface area contributed by atoms with Gasteiger partial charge in [0.05, 0.1) is 11.2 Å². The molecule has 6 aromatic rings. The van der Waals surface area contributed by atoms with Crippen LogP contribution in [0.5, 0.6) is 0 Å². The van der Waals surface area contributed by atoms with Crippen molar-refractivity contribution in [1.82, 2.24) is 9.97 Å². The van der Waals surface area contributed by atoms with Gasteiger partial charge in [-0.1, -0.05) is 78.9 Å². The monoisotopic (exact) mass is 410 g/mol. The SMILES string of the molecule is Cc1ccccc1-c1c(-c2cccc(-c3ccccn3)c2)ccc2c1[nH]c1ccccc12. The summed E-state index contributed by atoms with van der Waals surface area (Å²) in [7, 11) is 0. The van der Waals surface area contributed by atoms with Gasteiger partial charge in [-0.25, -0.2) is 0 Å². The number of hydrogen-bond donors (Lipinski definition) is 1. The summed E-state index contributed by atoms with van der Waals surface area (Å²) in [5, 5.41) is 2.51. The molecule has 0 aliphatic rings. The fourth-order valence-electron chi connectivity index (χ4n) is 4.67. The summed E-state index contributed by atoms with van der Waals surface area (Å²) in [6.07, 6.45) is 1.84. The minimum Gasteiger partial charge on any atom is -0.354 e. The van der Waals surface area contributed by atoms with Gasteiger partial charge in [-0.3, -0.25) is 4.98 Å². The summed E-state index contributed by atoms with van der Waals surface area (Å²) in [5.74, 6) is 0. The molecule has 4 aromatic carbocycles. The third-order valence-electron chi connectivity index (χ3n) is 6.23. The maximum absolute atomic E-state index is 4.55. The van der Waals surface area contributed by atoms with Crippen LogP contribution < -0.4 is 0 Å². The Kier molecular flexibility index (Phi) is 4.36. The maximum atomic E-state index is 4.55. The number of hydrogen-bond acceptors (Lipinski definition) is 1. The maximum Gasteiger partial charge on any atom is 0.0702 e. The van der Waals surface area contributed by atoms with E-state index in [-0.39, 0.29) is 0 Å². The van der Waals surface area contributed by atoms with Crippen molar-refractivity contribution in [3.8, 4) is 33.5 Å².